The summed E-state index contributed by atoms with van der Waals surface area (Å²) in [5, 5.41) is 9.61. The first-order valence-corrected chi connectivity index (χ1v) is 5.63. The molecule has 0 saturated carbocycles. The van der Waals surface area contributed by atoms with Crippen LogP contribution in [0, 0.1) is 5.92 Å². The third kappa shape index (κ3) is 2.99. The second-order valence-electron chi connectivity index (χ2n) is 4.25. The number of hydrogen-bond donors (Lipinski definition) is 1. The number of amides is 1. The van der Waals surface area contributed by atoms with Gasteiger partial charge in [0.25, 0.3) is 5.91 Å². The Balaban J connectivity index is 2.87. The van der Waals surface area contributed by atoms with Crippen LogP contribution in [0.3, 0.4) is 0 Å². The predicted octanol–water partition coefficient (Wildman–Crippen LogP) is 2.51. The number of nitrogens with zero attached hydrogens (tertiary/aromatic N) is 1. The molecule has 1 N–H and O–H groups in total. The van der Waals surface area contributed by atoms with Crippen LogP contribution in [0.4, 0.5) is 0 Å². The van der Waals surface area contributed by atoms with Crippen LogP contribution in [0.1, 0.15) is 31.1 Å². The molecule has 88 valence electrons. The van der Waals surface area contributed by atoms with Gasteiger partial charge in [-0.3, -0.25) is 4.79 Å². The zero-order chi connectivity index (χ0) is 12.1. The molecule has 3 heteroatoms. The average Bonchev–Trinajstić information content (AvgIpc) is 2.25. The number of aromatic hydroxyl groups is 1. The molecule has 0 spiro atoms. The first-order valence-electron chi connectivity index (χ1n) is 5.63. The molecule has 1 rings (SSSR count). The fourth-order valence-electron chi connectivity index (χ4n) is 1.62. The molecule has 16 heavy (non-hydrogen) atoms. The van der Waals surface area contributed by atoms with Crippen LogP contribution < -0.4 is 0 Å². The van der Waals surface area contributed by atoms with Crippen molar-refractivity contribution in [2.24, 2.45) is 5.92 Å². The molecule has 3 nitrogen and oxygen atoms in total. The molecule has 1 aromatic rings. The Bertz CT molecular complexity index is 361. The lowest BCUT2D eigenvalue weighted by Crippen LogP contribution is -2.34. The van der Waals surface area contributed by atoms with Crippen LogP contribution in [-0.2, 0) is 0 Å². The van der Waals surface area contributed by atoms with Crippen LogP contribution in [0.15, 0.2) is 24.3 Å². The van der Waals surface area contributed by atoms with Crippen LogP contribution in [0.2, 0.25) is 0 Å². The molecule has 0 radical (unpaired) electrons. The minimum absolute atomic E-state index is 0.0507. The van der Waals surface area contributed by atoms with Crippen molar-refractivity contribution in [2.75, 3.05) is 13.1 Å². The van der Waals surface area contributed by atoms with Gasteiger partial charge in [0.2, 0.25) is 0 Å². The smallest absolute Gasteiger partial charge is 0.257 e. The van der Waals surface area contributed by atoms with Crippen molar-refractivity contribution in [1.82, 2.24) is 4.90 Å². The van der Waals surface area contributed by atoms with E-state index >= 15 is 0 Å². The highest BCUT2D eigenvalue weighted by Gasteiger charge is 2.17. The van der Waals surface area contributed by atoms with Gasteiger partial charge in [0.15, 0.2) is 0 Å². The number of carbonyl (C=O) groups excluding carboxylic acids is 1. The molecule has 0 aliphatic heterocycles. The molecular formula is C13H19NO2. The summed E-state index contributed by atoms with van der Waals surface area (Å²) in [4.78, 5) is 13.8. The highest BCUT2D eigenvalue weighted by molar-refractivity contribution is 5.96. The van der Waals surface area contributed by atoms with E-state index in [0.717, 1.165) is 0 Å². The number of phenolic OH excluding ortho intramolecular Hbond substituents is 1. The maximum absolute atomic E-state index is 12.1. The normalized spacial score (nSPS) is 10.5. The molecule has 1 aromatic carbocycles. The second kappa shape index (κ2) is 5.54. The summed E-state index contributed by atoms with van der Waals surface area (Å²) < 4.78 is 0. The standard InChI is InChI=1S/C13H19NO2/c1-4-14(9-10(2)3)13(16)11-7-5-6-8-12(11)15/h5-8,10,15H,4,9H2,1-3H3. The van der Waals surface area contributed by atoms with E-state index in [-0.39, 0.29) is 11.7 Å². The number of rotatable bonds is 4. The maximum atomic E-state index is 12.1. The van der Waals surface area contributed by atoms with Crippen molar-refractivity contribution in [2.45, 2.75) is 20.8 Å². The summed E-state index contributed by atoms with van der Waals surface area (Å²) in [7, 11) is 0. The van der Waals surface area contributed by atoms with E-state index < -0.39 is 0 Å². The van der Waals surface area contributed by atoms with Crippen molar-refractivity contribution < 1.29 is 9.90 Å². The zero-order valence-corrected chi connectivity index (χ0v) is 10.1. The van der Waals surface area contributed by atoms with Crippen molar-refractivity contribution in [3.8, 4) is 5.75 Å². The molecule has 0 atom stereocenters. The van der Waals surface area contributed by atoms with Gasteiger partial charge in [0.05, 0.1) is 5.56 Å². The van der Waals surface area contributed by atoms with E-state index in [1.165, 1.54) is 6.07 Å². The monoisotopic (exact) mass is 221 g/mol. The largest absolute Gasteiger partial charge is 0.507 e. The first-order chi connectivity index (χ1) is 7.56. The maximum Gasteiger partial charge on any atom is 0.257 e. The zero-order valence-electron chi connectivity index (χ0n) is 10.1. The van der Waals surface area contributed by atoms with Gasteiger partial charge in [0, 0.05) is 13.1 Å². The Morgan fingerprint density at radius 1 is 1.38 bits per heavy atom. The Morgan fingerprint density at radius 2 is 2.00 bits per heavy atom. The van der Waals surface area contributed by atoms with Crippen LogP contribution in [0.25, 0.3) is 0 Å². The lowest BCUT2D eigenvalue weighted by molar-refractivity contribution is 0.0743. The van der Waals surface area contributed by atoms with Gasteiger partial charge in [-0.15, -0.1) is 0 Å². The van der Waals surface area contributed by atoms with Gasteiger partial charge < -0.3 is 10.0 Å². The van der Waals surface area contributed by atoms with Gasteiger partial charge in [-0.1, -0.05) is 26.0 Å². The van der Waals surface area contributed by atoms with E-state index in [9.17, 15) is 9.90 Å². The summed E-state index contributed by atoms with van der Waals surface area (Å²) >= 11 is 0. The number of para-hydroxylation sites is 1. The summed E-state index contributed by atoms with van der Waals surface area (Å²) in [5.41, 5.74) is 0.380. The van der Waals surface area contributed by atoms with E-state index in [4.69, 9.17) is 0 Å². The predicted molar refractivity (Wildman–Crippen MR) is 64.5 cm³/mol. The van der Waals surface area contributed by atoms with Crippen LogP contribution in [-0.4, -0.2) is 29.0 Å². The van der Waals surface area contributed by atoms with E-state index in [1.807, 2.05) is 6.92 Å². The van der Waals surface area contributed by atoms with Crippen molar-refractivity contribution in [1.29, 1.82) is 0 Å². The third-order valence-electron chi connectivity index (χ3n) is 2.39. The van der Waals surface area contributed by atoms with Gasteiger partial charge in [-0.2, -0.15) is 0 Å². The molecule has 0 heterocycles. The SMILES string of the molecule is CCN(CC(C)C)C(=O)c1ccccc1O. The molecule has 1 amide bonds. The molecule has 0 aliphatic carbocycles. The van der Waals surface area contributed by atoms with Crippen molar-refractivity contribution >= 4 is 5.91 Å². The summed E-state index contributed by atoms with van der Waals surface area (Å²) in [5.74, 6) is 0.374. The van der Waals surface area contributed by atoms with Crippen molar-refractivity contribution in [3.63, 3.8) is 0 Å². The first kappa shape index (κ1) is 12.6. The van der Waals surface area contributed by atoms with Gasteiger partial charge in [0.1, 0.15) is 5.75 Å². The molecule has 0 unspecified atom stereocenters. The molecular weight excluding hydrogens is 202 g/mol. The number of benzene rings is 1. The van der Waals surface area contributed by atoms with E-state index in [2.05, 4.69) is 13.8 Å². The second-order valence-corrected chi connectivity index (χ2v) is 4.25. The van der Waals surface area contributed by atoms with Crippen molar-refractivity contribution in [3.05, 3.63) is 29.8 Å². The fourth-order valence-corrected chi connectivity index (χ4v) is 1.62. The number of phenols is 1. The third-order valence-corrected chi connectivity index (χ3v) is 2.39. The lowest BCUT2D eigenvalue weighted by Gasteiger charge is -2.23. The topological polar surface area (TPSA) is 40.5 Å². The molecule has 0 saturated heterocycles. The van der Waals surface area contributed by atoms with E-state index in [1.54, 1.807) is 23.1 Å². The molecule has 0 aromatic heterocycles. The minimum Gasteiger partial charge on any atom is -0.507 e. The molecule has 0 aliphatic rings. The molecule has 0 bridgehead atoms. The highest BCUT2D eigenvalue weighted by Crippen LogP contribution is 2.18. The lowest BCUT2D eigenvalue weighted by atomic mass is 10.1. The molecule has 0 fully saturated rings. The number of hydrogen-bond acceptors (Lipinski definition) is 2. The fraction of sp³-hybridized carbons (Fsp3) is 0.462. The van der Waals surface area contributed by atoms with Gasteiger partial charge in [-0.25, -0.2) is 0 Å². The van der Waals surface area contributed by atoms with E-state index in [0.29, 0.717) is 24.6 Å². The summed E-state index contributed by atoms with van der Waals surface area (Å²) in [6, 6.07) is 6.66. The Hall–Kier alpha value is -1.51. The average molecular weight is 221 g/mol. The Kier molecular flexibility index (Phi) is 4.35. The highest BCUT2D eigenvalue weighted by atomic mass is 16.3. The summed E-state index contributed by atoms with van der Waals surface area (Å²) in [6.45, 7) is 7.46. The quantitative estimate of drug-likeness (QED) is 0.848. The number of carbonyl (C=O) groups is 1. The van der Waals surface area contributed by atoms with Crippen LogP contribution >= 0.6 is 0 Å². The van der Waals surface area contributed by atoms with Gasteiger partial charge in [-0.05, 0) is 25.0 Å². The Morgan fingerprint density at radius 3 is 2.50 bits per heavy atom. The van der Waals surface area contributed by atoms with Crippen LogP contribution in [0.5, 0.6) is 5.75 Å². The van der Waals surface area contributed by atoms with Gasteiger partial charge >= 0.3 is 0 Å². The minimum atomic E-state index is -0.102. The Labute approximate surface area is 96.7 Å². The summed E-state index contributed by atoms with van der Waals surface area (Å²) in [6.07, 6.45) is 0.